The molecule has 3 aliphatic rings. The van der Waals surface area contributed by atoms with E-state index in [-0.39, 0.29) is 18.9 Å². The predicted octanol–water partition coefficient (Wildman–Crippen LogP) is 0.350. The summed E-state index contributed by atoms with van der Waals surface area (Å²) < 4.78 is 29.4. The first-order chi connectivity index (χ1) is 15.5. The molecular formula is C22H29N3O8. The van der Waals surface area contributed by atoms with Crippen LogP contribution < -0.4 is 16.2 Å². The van der Waals surface area contributed by atoms with Crippen LogP contribution in [0.4, 0.5) is 0 Å². The Bertz CT molecular complexity index is 906. The lowest BCUT2D eigenvalue weighted by Crippen LogP contribution is -2.61. The summed E-state index contributed by atoms with van der Waals surface area (Å²) in [7, 11) is 0. The molecule has 1 aromatic rings. The summed E-state index contributed by atoms with van der Waals surface area (Å²) in [5, 5.41) is 2.65. The van der Waals surface area contributed by atoms with Crippen LogP contribution >= 0.6 is 0 Å². The highest BCUT2D eigenvalue weighted by molar-refractivity contribution is 5.94. The lowest BCUT2D eigenvalue weighted by atomic mass is 9.98. The fraction of sp³-hybridized carbons (Fsp3) is 0.591. The second-order valence-corrected chi connectivity index (χ2v) is 9.00. The van der Waals surface area contributed by atoms with Crippen LogP contribution in [-0.4, -0.2) is 66.5 Å². The third-order valence-corrected chi connectivity index (χ3v) is 5.41. The van der Waals surface area contributed by atoms with Crippen molar-refractivity contribution in [2.75, 3.05) is 6.54 Å². The maximum Gasteiger partial charge on any atom is 0.270 e. The van der Waals surface area contributed by atoms with Gasteiger partial charge in [0.2, 0.25) is 5.91 Å². The second kappa shape index (κ2) is 8.99. The van der Waals surface area contributed by atoms with E-state index in [9.17, 15) is 14.4 Å². The second-order valence-electron chi connectivity index (χ2n) is 9.00. The number of nitrogens with one attached hydrogen (secondary N) is 3. The first-order valence-electron chi connectivity index (χ1n) is 10.8. The topological polar surface area (TPSA) is 133 Å². The van der Waals surface area contributed by atoms with E-state index < -0.39 is 54.1 Å². The van der Waals surface area contributed by atoms with Gasteiger partial charge in [0.1, 0.15) is 18.3 Å². The SMILES string of the molecule is CC1(C)O[C@H]2[C@@H](O1)[C@@H](C(=O)NNC(=O)CCNC(=O)c1ccccc1)O[C@H]1OC(C)(C)O[C@@H]12. The average Bonchev–Trinajstić information content (AvgIpc) is 3.25. The van der Waals surface area contributed by atoms with E-state index in [0.717, 1.165) is 0 Å². The van der Waals surface area contributed by atoms with Crippen molar-refractivity contribution in [3.8, 4) is 0 Å². The van der Waals surface area contributed by atoms with Gasteiger partial charge in [-0.1, -0.05) is 18.2 Å². The molecule has 11 heteroatoms. The van der Waals surface area contributed by atoms with Crippen LogP contribution in [0.25, 0.3) is 0 Å². The number of rotatable bonds is 5. The van der Waals surface area contributed by atoms with Crippen molar-refractivity contribution in [1.82, 2.24) is 16.2 Å². The van der Waals surface area contributed by atoms with Crippen LogP contribution in [0.5, 0.6) is 0 Å². The largest absolute Gasteiger partial charge is 0.352 e. The predicted molar refractivity (Wildman–Crippen MR) is 112 cm³/mol. The minimum atomic E-state index is -1.09. The molecule has 3 heterocycles. The zero-order valence-corrected chi connectivity index (χ0v) is 19.0. The summed E-state index contributed by atoms with van der Waals surface area (Å²) in [5.41, 5.74) is 5.18. The molecule has 11 nitrogen and oxygen atoms in total. The number of fused-ring (bicyclic) bond motifs is 3. The van der Waals surface area contributed by atoms with Gasteiger partial charge in [-0.3, -0.25) is 25.2 Å². The molecule has 3 N–H and O–H groups in total. The molecule has 180 valence electrons. The average molecular weight is 463 g/mol. The summed E-state index contributed by atoms with van der Waals surface area (Å²) in [6, 6.07) is 8.66. The highest BCUT2D eigenvalue weighted by Gasteiger charge is 2.62. The highest BCUT2D eigenvalue weighted by atomic mass is 16.9. The third kappa shape index (κ3) is 5.33. The maximum absolute atomic E-state index is 12.8. The Morgan fingerprint density at radius 3 is 2.21 bits per heavy atom. The molecule has 3 fully saturated rings. The maximum atomic E-state index is 12.8. The number of hydrazine groups is 1. The number of carbonyl (C=O) groups excluding carboxylic acids is 3. The summed E-state index contributed by atoms with van der Waals surface area (Å²) in [4.78, 5) is 37.0. The number of hydrogen-bond acceptors (Lipinski definition) is 8. The monoisotopic (exact) mass is 463 g/mol. The number of benzene rings is 1. The molecule has 4 rings (SSSR count). The lowest BCUT2D eigenvalue weighted by molar-refractivity contribution is -0.231. The molecule has 0 spiro atoms. The van der Waals surface area contributed by atoms with Gasteiger partial charge >= 0.3 is 0 Å². The Hall–Kier alpha value is -2.57. The molecule has 0 radical (unpaired) electrons. The molecule has 0 bridgehead atoms. The fourth-order valence-corrected chi connectivity index (χ4v) is 4.07. The van der Waals surface area contributed by atoms with Crippen molar-refractivity contribution in [1.29, 1.82) is 0 Å². The van der Waals surface area contributed by atoms with Crippen LogP contribution in [0.15, 0.2) is 30.3 Å². The molecule has 3 amide bonds. The van der Waals surface area contributed by atoms with E-state index in [4.69, 9.17) is 23.7 Å². The van der Waals surface area contributed by atoms with Crippen molar-refractivity contribution in [2.45, 2.75) is 76.4 Å². The van der Waals surface area contributed by atoms with E-state index in [2.05, 4.69) is 16.2 Å². The van der Waals surface area contributed by atoms with Gasteiger partial charge in [-0.25, -0.2) is 0 Å². The number of amides is 3. The van der Waals surface area contributed by atoms with Gasteiger partial charge in [-0.15, -0.1) is 0 Å². The summed E-state index contributed by atoms with van der Waals surface area (Å²) >= 11 is 0. The smallest absolute Gasteiger partial charge is 0.270 e. The van der Waals surface area contributed by atoms with E-state index >= 15 is 0 Å². The van der Waals surface area contributed by atoms with Crippen molar-refractivity contribution < 1.29 is 38.1 Å². The summed E-state index contributed by atoms with van der Waals surface area (Å²) in [6.45, 7) is 7.08. The molecular weight excluding hydrogens is 434 g/mol. The van der Waals surface area contributed by atoms with E-state index in [1.165, 1.54) is 0 Å². The first kappa shape index (κ1) is 23.6. The molecule has 0 unspecified atom stereocenters. The minimum Gasteiger partial charge on any atom is -0.352 e. The van der Waals surface area contributed by atoms with E-state index in [1.54, 1.807) is 52.0 Å². The van der Waals surface area contributed by atoms with Gasteiger partial charge in [-0.05, 0) is 39.8 Å². The molecule has 0 aliphatic carbocycles. The van der Waals surface area contributed by atoms with Crippen LogP contribution in [-0.2, 0) is 33.3 Å². The van der Waals surface area contributed by atoms with Gasteiger partial charge < -0.3 is 29.0 Å². The number of ether oxygens (including phenoxy) is 5. The summed E-state index contributed by atoms with van der Waals surface area (Å²) in [6.07, 6.45) is -3.83. The third-order valence-electron chi connectivity index (χ3n) is 5.41. The molecule has 3 saturated heterocycles. The van der Waals surface area contributed by atoms with Crippen molar-refractivity contribution in [2.24, 2.45) is 0 Å². The van der Waals surface area contributed by atoms with Crippen LogP contribution in [0.2, 0.25) is 0 Å². The van der Waals surface area contributed by atoms with E-state index in [0.29, 0.717) is 5.56 Å². The fourth-order valence-electron chi connectivity index (χ4n) is 4.07. The Labute approximate surface area is 191 Å². The molecule has 3 aliphatic heterocycles. The van der Waals surface area contributed by atoms with Gasteiger partial charge in [0, 0.05) is 18.5 Å². The van der Waals surface area contributed by atoms with Crippen LogP contribution in [0.3, 0.4) is 0 Å². The van der Waals surface area contributed by atoms with E-state index in [1.807, 2.05) is 6.07 Å². The quantitative estimate of drug-likeness (QED) is 0.533. The zero-order valence-electron chi connectivity index (χ0n) is 19.0. The Kier molecular flexibility index (Phi) is 6.43. The molecule has 5 atom stereocenters. The zero-order chi connectivity index (χ0) is 23.8. The number of hydrogen-bond donors (Lipinski definition) is 3. The van der Waals surface area contributed by atoms with Crippen molar-refractivity contribution in [3.63, 3.8) is 0 Å². The lowest BCUT2D eigenvalue weighted by Gasteiger charge is -2.36. The van der Waals surface area contributed by atoms with Crippen LogP contribution in [0, 0.1) is 0 Å². The van der Waals surface area contributed by atoms with Crippen molar-refractivity contribution in [3.05, 3.63) is 35.9 Å². The molecule has 33 heavy (non-hydrogen) atoms. The molecule has 1 aromatic carbocycles. The normalized spacial score (nSPS) is 31.2. The standard InChI is InChI=1S/C22H29N3O8/c1-21(2)30-14-15(31-21)17-20(33-22(3,4)32-17)29-16(14)19(28)25-24-13(26)10-11-23-18(27)12-8-6-5-7-9-12/h5-9,14-17,20H,10-11H2,1-4H3,(H,23,27)(H,24,26)(H,25,28)/t14-,15+,16+,17-,20+/m1/s1. The number of carbonyl (C=O) groups is 3. The Balaban J connectivity index is 1.28. The minimum absolute atomic E-state index is 0.0289. The van der Waals surface area contributed by atoms with Gasteiger partial charge in [0.25, 0.3) is 11.8 Å². The molecule has 0 saturated carbocycles. The van der Waals surface area contributed by atoms with Gasteiger partial charge in [-0.2, -0.15) is 0 Å². The Morgan fingerprint density at radius 2 is 1.48 bits per heavy atom. The molecule has 0 aromatic heterocycles. The summed E-state index contributed by atoms with van der Waals surface area (Å²) in [5.74, 6) is -3.22. The first-order valence-corrected chi connectivity index (χ1v) is 10.8. The van der Waals surface area contributed by atoms with Crippen molar-refractivity contribution >= 4 is 17.7 Å². The Morgan fingerprint density at radius 1 is 0.848 bits per heavy atom. The van der Waals surface area contributed by atoms with Gasteiger partial charge in [0.05, 0.1) is 0 Å². The highest BCUT2D eigenvalue weighted by Crippen LogP contribution is 2.44. The van der Waals surface area contributed by atoms with Gasteiger partial charge in [0.15, 0.2) is 24.0 Å². The van der Waals surface area contributed by atoms with Crippen LogP contribution in [0.1, 0.15) is 44.5 Å².